The Balaban J connectivity index is 1.75. The van der Waals surface area contributed by atoms with Gasteiger partial charge in [-0.15, -0.1) is 0 Å². The molecule has 2 aliphatic heterocycles. The van der Waals surface area contributed by atoms with Crippen LogP contribution >= 0.6 is 0 Å². The lowest BCUT2D eigenvalue weighted by molar-refractivity contribution is -0.131. The van der Waals surface area contributed by atoms with E-state index in [2.05, 4.69) is 10.6 Å². The summed E-state index contributed by atoms with van der Waals surface area (Å²) < 4.78 is 5.36. The minimum atomic E-state index is -0.431. The predicted octanol–water partition coefficient (Wildman–Crippen LogP) is 1.23. The van der Waals surface area contributed by atoms with E-state index in [1.165, 1.54) is 0 Å². The Morgan fingerprint density at radius 2 is 1.88 bits per heavy atom. The molecule has 2 aliphatic rings. The zero-order valence-electron chi connectivity index (χ0n) is 14.7. The Kier molecular flexibility index (Phi) is 6.04. The van der Waals surface area contributed by atoms with Crippen molar-refractivity contribution in [1.82, 2.24) is 15.5 Å². The number of rotatable bonds is 5. The first-order valence-corrected chi connectivity index (χ1v) is 9.11. The monoisotopic (exact) mass is 345 g/mol. The highest BCUT2D eigenvalue weighted by molar-refractivity contribution is 5.86. The maximum atomic E-state index is 12.8. The van der Waals surface area contributed by atoms with Crippen LogP contribution < -0.4 is 10.6 Å². The molecule has 2 saturated heterocycles. The maximum Gasteiger partial charge on any atom is 0.241 e. The summed E-state index contributed by atoms with van der Waals surface area (Å²) in [4.78, 5) is 27.4. The molecular weight excluding hydrogens is 318 g/mol. The molecular formula is C19H27N3O3. The van der Waals surface area contributed by atoms with Gasteiger partial charge in [-0.2, -0.15) is 0 Å². The van der Waals surface area contributed by atoms with Crippen LogP contribution in [0.3, 0.4) is 0 Å². The van der Waals surface area contributed by atoms with E-state index in [9.17, 15) is 9.59 Å². The largest absolute Gasteiger partial charge is 0.381 e. The molecule has 0 unspecified atom stereocenters. The summed E-state index contributed by atoms with van der Waals surface area (Å²) in [7, 11) is 1.64. The SMILES string of the molecule is CNC(=O)[C@@H](c1ccccc1)N1CCC[C@H]1C(=O)NC1CCOCC1. The highest BCUT2D eigenvalue weighted by Crippen LogP contribution is 2.30. The minimum absolute atomic E-state index is 0.0363. The van der Waals surface area contributed by atoms with Crippen molar-refractivity contribution in [2.24, 2.45) is 0 Å². The van der Waals surface area contributed by atoms with E-state index >= 15 is 0 Å². The molecule has 3 rings (SSSR count). The van der Waals surface area contributed by atoms with Crippen LogP contribution in [0.25, 0.3) is 0 Å². The van der Waals surface area contributed by atoms with Crippen molar-refractivity contribution >= 4 is 11.8 Å². The van der Waals surface area contributed by atoms with Gasteiger partial charge in [0.1, 0.15) is 6.04 Å². The van der Waals surface area contributed by atoms with Gasteiger partial charge in [-0.25, -0.2) is 0 Å². The van der Waals surface area contributed by atoms with E-state index in [4.69, 9.17) is 4.74 Å². The number of hydrogen-bond acceptors (Lipinski definition) is 4. The standard InChI is InChI=1S/C19H27N3O3/c1-20-19(24)17(14-6-3-2-4-7-14)22-11-5-8-16(22)18(23)21-15-9-12-25-13-10-15/h2-4,6-7,15-17H,5,8-13H2,1H3,(H,20,24)(H,21,23)/t16-,17+/m0/s1. The zero-order chi connectivity index (χ0) is 17.6. The number of amides is 2. The van der Waals surface area contributed by atoms with Crippen LogP contribution in [-0.4, -0.2) is 55.6 Å². The minimum Gasteiger partial charge on any atom is -0.381 e. The van der Waals surface area contributed by atoms with E-state index in [0.29, 0.717) is 13.2 Å². The summed E-state index contributed by atoms with van der Waals surface area (Å²) in [5.74, 6) is -0.0359. The molecule has 2 atom stereocenters. The molecule has 6 nitrogen and oxygen atoms in total. The van der Waals surface area contributed by atoms with Gasteiger partial charge in [0.2, 0.25) is 11.8 Å². The van der Waals surface area contributed by atoms with Crippen molar-refractivity contribution in [2.45, 2.75) is 43.8 Å². The Morgan fingerprint density at radius 3 is 2.56 bits per heavy atom. The molecule has 2 amide bonds. The van der Waals surface area contributed by atoms with Gasteiger partial charge in [0, 0.05) is 32.8 Å². The van der Waals surface area contributed by atoms with Crippen LogP contribution in [0, 0.1) is 0 Å². The molecule has 1 aromatic rings. The Bertz CT molecular complexity index is 587. The fourth-order valence-electron chi connectivity index (χ4n) is 3.78. The quantitative estimate of drug-likeness (QED) is 0.842. The number of nitrogens with zero attached hydrogens (tertiary/aromatic N) is 1. The first-order valence-electron chi connectivity index (χ1n) is 9.11. The molecule has 2 heterocycles. The van der Waals surface area contributed by atoms with Gasteiger partial charge in [0.25, 0.3) is 0 Å². The van der Waals surface area contributed by atoms with Gasteiger partial charge in [0.05, 0.1) is 6.04 Å². The smallest absolute Gasteiger partial charge is 0.241 e. The van der Waals surface area contributed by atoms with Crippen molar-refractivity contribution < 1.29 is 14.3 Å². The molecule has 2 N–H and O–H groups in total. The molecule has 2 fully saturated rings. The molecule has 1 aromatic carbocycles. The van der Waals surface area contributed by atoms with E-state index < -0.39 is 6.04 Å². The van der Waals surface area contributed by atoms with E-state index in [0.717, 1.165) is 37.8 Å². The number of carbonyl (C=O) groups is 2. The second kappa shape index (κ2) is 8.45. The summed E-state index contributed by atoms with van der Waals surface area (Å²) >= 11 is 0. The van der Waals surface area contributed by atoms with Crippen LogP contribution in [0.1, 0.15) is 37.3 Å². The fourth-order valence-corrected chi connectivity index (χ4v) is 3.78. The van der Waals surface area contributed by atoms with Crippen LogP contribution in [-0.2, 0) is 14.3 Å². The third kappa shape index (κ3) is 4.19. The summed E-state index contributed by atoms with van der Waals surface area (Å²) in [6.45, 7) is 2.15. The summed E-state index contributed by atoms with van der Waals surface area (Å²) in [5, 5.41) is 5.91. The molecule has 6 heteroatoms. The van der Waals surface area contributed by atoms with Crippen molar-refractivity contribution in [3.63, 3.8) is 0 Å². The second-order valence-electron chi connectivity index (χ2n) is 6.72. The number of carbonyl (C=O) groups excluding carboxylic acids is 2. The highest BCUT2D eigenvalue weighted by Gasteiger charge is 2.39. The number of likely N-dealkylation sites (N-methyl/N-ethyl adjacent to an activating group) is 1. The number of hydrogen-bond donors (Lipinski definition) is 2. The van der Waals surface area contributed by atoms with Gasteiger partial charge in [0.15, 0.2) is 0 Å². The van der Waals surface area contributed by atoms with E-state index in [-0.39, 0.29) is 23.9 Å². The van der Waals surface area contributed by atoms with Gasteiger partial charge in [-0.05, 0) is 31.2 Å². The number of ether oxygens (including phenoxy) is 1. The van der Waals surface area contributed by atoms with Crippen LogP contribution in [0.15, 0.2) is 30.3 Å². The lowest BCUT2D eigenvalue weighted by Gasteiger charge is -2.33. The molecule has 0 radical (unpaired) electrons. The summed E-state index contributed by atoms with van der Waals surface area (Å²) in [6, 6.07) is 9.18. The van der Waals surface area contributed by atoms with Gasteiger partial charge < -0.3 is 15.4 Å². The predicted molar refractivity (Wildman–Crippen MR) is 95.0 cm³/mol. The van der Waals surface area contributed by atoms with Crippen LogP contribution in [0.5, 0.6) is 0 Å². The average molecular weight is 345 g/mol. The van der Waals surface area contributed by atoms with E-state index in [1.54, 1.807) is 7.05 Å². The van der Waals surface area contributed by atoms with Crippen LogP contribution in [0.4, 0.5) is 0 Å². The third-order valence-corrected chi connectivity index (χ3v) is 5.11. The first kappa shape index (κ1) is 17.9. The molecule has 0 aromatic heterocycles. The zero-order valence-corrected chi connectivity index (χ0v) is 14.7. The van der Waals surface area contributed by atoms with Crippen molar-refractivity contribution in [2.75, 3.05) is 26.8 Å². The highest BCUT2D eigenvalue weighted by atomic mass is 16.5. The third-order valence-electron chi connectivity index (χ3n) is 5.11. The van der Waals surface area contributed by atoms with Gasteiger partial charge >= 0.3 is 0 Å². The fraction of sp³-hybridized carbons (Fsp3) is 0.579. The average Bonchev–Trinajstić information content (AvgIpc) is 3.13. The van der Waals surface area contributed by atoms with Gasteiger partial charge in [-0.1, -0.05) is 30.3 Å². The molecule has 0 bridgehead atoms. The molecule has 0 saturated carbocycles. The Morgan fingerprint density at radius 1 is 1.16 bits per heavy atom. The lowest BCUT2D eigenvalue weighted by Crippen LogP contribution is -2.51. The topological polar surface area (TPSA) is 70.7 Å². The second-order valence-corrected chi connectivity index (χ2v) is 6.72. The molecule has 0 aliphatic carbocycles. The maximum absolute atomic E-state index is 12.8. The lowest BCUT2D eigenvalue weighted by atomic mass is 10.0. The van der Waals surface area contributed by atoms with E-state index in [1.807, 2.05) is 35.2 Å². The molecule has 0 spiro atoms. The Hall–Kier alpha value is -1.92. The first-order chi connectivity index (χ1) is 12.2. The normalized spacial score (nSPS) is 23.2. The summed E-state index contributed by atoms with van der Waals surface area (Å²) in [5.41, 5.74) is 0.924. The molecule has 25 heavy (non-hydrogen) atoms. The van der Waals surface area contributed by atoms with Crippen molar-refractivity contribution in [3.05, 3.63) is 35.9 Å². The van der Waals surface area contributed by atoms with Crippen LogP contribution in [0.2, 0.25) is 0 Å². The number of benzene rings is 1. The van der Waals surface area contributed by atoms with Gasteiger partial charge in [-0.3, -0.25) is 14.5 Å². The summed E-state index contributed by atoms with van der Waals surface area (Å²) in [6.07, 6.45) is 3.42. The number of nitrogens with one attached hydrogen (secondary N) is 2. The van der Waals surface area contributed by atoms with Crippen molar-refractivity contribution in [1.29, 1.82) is 0 Å². The van der Waals surface area contributed by atoms with Crippen molar-refractivity contribution in [3.8, 4) is 0 Å². The molecule has 136 valence electrons. The number of likely N-dealkylation sites (tertiary alicyclic amines) is 1. The Labute approximate surface area is 148 Å².